The molecule has 0 unspecified atom stereocenters. The molecule has 0 aliphatic carbocycles. The number of nitrogens with two attached hydrogens (primary N) is 1. The Morgan fingerprint density at radius 1 is 1.16 bits per heavy atom. The molecule has 3 heterocycles. The van der Waals surface area contributed by atoms with Crippen LogP contribution in [0, 0.1) is 0 Å². The van der Waals surface area contributed by atoms with Gasteiger partial charge in [0.15, 0.2) is 9.84 Å². The van der Waals surface area contributed by atoms with Crippen LogP contribution in [0.1, 0.15) is 17.7 Å². The van der Waals surface area contributed by atoms with E-state index in [9.17, 15) is 13.2 Å². The Kier molecular flexibility index (Phi) is 7.04. The van der Waals surface area contributed by atoms with Crippen molar-refractivity contribution in [3.63, 3.8) is 0 Å². The third-order valence-corrected chi connectivity index (χ3v) is 7.41. The molecule has 1 fully saturated rings. The highest BCUT2D eigenvalue weighted by atomic mass is 32.2. The Morgan fingerprint density at radius 2 is 1.91 bits per heavy atom. The van der Waals surface area contributed by atoms with Gasteiger partial charge in [0.25, 0.3) is 0 Å². The van der Waals surface area contributed by atoms with Crippen molar-refractivity contribution in [2.24, 2.45) is 5.73 Å². The topological polar surface area (TPSA) is 126 Å². The van der Waals surface area contributed by atoms with Gasteiger partial charge in [-0.3, -0.25) is 4.57 Å². The van der Waals surface area contributed by atoms with Crippen LogP contribution in [-0.2, 0) is 22.8 Å². The van der Waals surface area contributed by atoms with Crippen LogP contribution >= 0.6 is 0 Å². The van der Waals surface area contributed by atoms with Gasteiger partial charge in [0.1, 0.15) is 5.65 Å². The zero-order chi connectivity index (χ0) is 22.6. The predicted octanol–water partition coefficient (Wildman–Crippen LogP) is 0.425. The highest BCUT2D eigenvalue weighted by Crippen LogP contribution is 2.15. The van der Waals surface area contributed by atoms with Gasteiger partial charge in [-0.15, -0.1) is 0 Å². The molecule has 0 amide bonds. The number of hydrogen-bond donors (Lipinski definition) is 3. The van der Waals surface area contributed by atoms with Gasteiger partial charge in [0, 0.05) is 49.9 Å². The minimum absolute atomic E-state index is 0.226. The Labute approximate surface area is 187 Å². The van der Waals surface area contributed by atoms with E-state index in [0.717, 1.165) is 54.8 Å². The summed E-state index contributed by atoms with van der Waals surface area (Å²) in [5, 5.41) is 4.21. The average molecular weight is 459 g/mol. The molecule has 2 aromatic heterocycles. The molecule has 10 heteroatoms. The molecule has 4 rings (SSSR count). The molecule has 1 saturated heterocycles. The van der Waals surface area contributed by atoms with Crippen LogP contribution in [0.25, 0.3) is 16.7 Å². The van der Waals surface area contributed by atoms with E-state index in [0.29, 0.717) is 25.3 Å². The molecule has 0 atom stereocenters. The van der Waals surface area contributed by atoms with E-state index < -0.39 is 9.84 Å². The lowest BCUT2D eigenvalue weighted by atomic mass is 10.2. The molecule has 172 valence electrons. The van der Waals surface area contributed by atoms with E-state index in [1.54, 1.807) is 4.57 Å². The molecule has 3 aromatic rings. The van der Waals surface area contributed by atoms with Gasteiger partial charge in [-0.25, -0.2) is 13.2 Å². The number of benzene rings is 1. The van der Waals surface area contributed by atoms with E-state index in [1.165, 1.54) is 0 Å². The lowest BCUT2D eigenvalue weighted by Crippen LogP contribution is -2.41. The number of hydrogen-bond acceptors (Lipinski definition) is 7. The molecule has 4 N–H and O–H groups in total. The quantitative estimate of drug-likeness (QED) is 0.397. The molecule has 9 nitrogen and oxygen atoms in total. The van der Waals surface area contributed by atoms with Crippen LogP contribution in [0.5, 0.6) is 0 Å². The van der Waals surface area contributed by atoms with E-state index >= 15 is 0 Å². The molecule has 1 aliphatic rings. The van der Waals surface area contributed by atoms with Gasteiger partial charge in [0.05, 0.1) is 17.2 Å². The molecule has 0 bridgehead atoms. The van der Waals surface area contributed by atoms with Crippen LogP contribution in [-0.4, -0.2) is 72.1 Å². The lowest BCUT2D eigenvalue weighted by molar-refractivity contribution is 0.298. The number of aromatic amines is 1. The zero-order valence-electron chi connectivity index (χ0n) is 18.1. The second-order valence-corrected chi connectivity index (χ2v) is 10.5. The number of sulfone groups is 1. The number of H-pyrrole nitrogens is 1. The van der Waals surface area contributed by atoms with Crippen molar-refractivity contribution in [1.82, 2.24) is 24.8 Å². The van der Waals surface area contributed by atoms with Crippen molar-refractivity contribution in [2.45, 2.75) is 19.4 Å². The Bertz CT molecular complexity index is 1200. The summed E-state index contributed by atoms with van der Waals surface area (Å²) in [6, 6.07) is 9.86. The monoisotopic (exact) mass is 458 g/mol. The summed E-state index contributed by atoms with van der Waals surface area (Å²) in [7, 11) is -2.87. The maximum Gasteiger partial charge on any atom is 0.354 e. The average Bonchev–Trinajstić information content (AvgIpc) is 3.17. The molecule has 1 aliphatic heterocycles. The standard InChI is InChI=1S/C22H30N6O3S/c23-7-1-8-24-15-17-2-4-20(5-3-17)28-16-18-14-19(25-21(18)26-22(28)29)6-9-27-10-12-32(30,31)13-11-27/h2-5,14,16,24H,1,6-13,15,23H2,(H,25,26,29). The Morgan fingerprint density at radius 3 is 2.62 bits per heavy atom. The fourth-order valence-corrected chi connectivity index (χ4v) is 5.13. The summed E-state index contributed by atoms with van der Waals surface area (Å²) in [6.07, 6.45) is 3.50. The fraction of sp³-hybridized carbons (Fsp3) is 0.455. The fourth-order valence-electron chi connectivity index (χ4n) is 3.86. The smallest absolute Gasteiger partial charge is 0.343 e. The van der Waals surface area contributed by atoms with Gasteiger partial charge < -0.3 is 20.9 Å². The van der Waals surface area contributed by atoms with E-state index in [2.05, 4.69) is 20.2 Å². The highest BCUT2D eigenvalue weighted by molar-refractivity contribution is 7.91. The van der Waals surface area contributed by atoms with Gasteiger partial charge in [0.2, 0.25) is 0 Å². The number of rotatable bonds is 9. The summed E-state index contributed by atoms with van der Waals surface area (Å²) in [6.45, 7) is 4.23. The maximum atomic E-state index is 12.6. The Hall–Kier alpha value is -2.53. The maximum absolute atomic E-state index is 12.6. The van der Waals surface area contributed by atoms with E-state index in [-0.39, 0.29) is 17.2 Å². The molecule has 0 spiro atoms. The number of nitrogens with one attached hydrogen (secondary N) is 2. The van der Waals surface area contributed by atoms with Gasteiger partial charge in [-0.2, -0.15) is 4.98 Å². The van der Waals surface area contributed by atoms with Crippen molar-refractivity contribution >= 4 is 20.9 Å². The lowest BCUT2D eigenvalue weighted by Gasteiger charge is -2.26. The summed E-state index contributed by atoms with van der Waals surface area (Å²) in [5.74, 6) is 0.451. The minimum atomic E-state index is -2.87. The van der Waals surface area contributed by atoms with Crippen LogP contribution < -0.4 is 16.7 Å². The van der Waals surface area contributed by atoms with Crippen LogP contribution in [0.2, 0.25) is 0 Å². The van der Waals surface area contributed by atoms with Crippen LogP contribution in [0.3, 0.4) is 0 Å². The first-order chi connectivity index (χ1) is 15.4. The Balaban J connectivity index is 1.42. The second kappa shape index (κ2) is 9.95. The third-order valence-electron chi connectivity index (χ3n) is 5.80. The first-order valence-electron chi connectivity index (χ1n) is 11.0. The number of fused-ring (bicyclic) bond motifs is 1. The summed E-state index contributed by atoms with van der Waals surface area (Å²) < 4.78 is 24.7. The molecule has 32 heavy (non-hydrogen) atoms. The highest BCUT2D eigenvalue weighted by Gasteiger charge is 2.21. The van der Waals surface area contributed by atoms with Crippen LogP contribution in [0.15, 0.2) is 41.3 Å². The molecule has 0 saturated carbocycles. The van der Waals surface area contributed by atoms with Crippen molar-refractivity contribution < 1.29 is 8.42 Å². The molecule has 1 aromatic carbocycles. The van der Waals surface area contributed by atoms with Crippen molar-refractivity contribution in [3.05, 3.63) is 58.3 Å². The molecular formula is C22H30N6O3S. The predicted molar refractivity (Wildman–Crippen MR) is 126 cm³/mol. The third kappa shape index (κ3) is 5.63. The van der Waals surface area contributed by atoms with Gasteiger partial charge in [-0.05, 0) is 43.3 Å². The van der Waals surface area contributed by atoms with Crippen molar-refractivity contribution in [2.75, 3.05) is 44.2 Å². The number of nitrogens with zero attached hydrogens (tertiary/aromatic N) is 3. The first-order valence-corrected chi connectivity index (χ1v) is 12.8. The summed E-state index contributed by atoms with van der Waals surface area (Å²) in [5.41, 5.74) is 8.64. The SMILES string of the molecule is NCCCNCc1ccc(-n2cc3cc(CCN4CCS(=O)(=O)CC4)[nH]c3nc2=O)cc1. The van der Waals surface area contributed by atoms with Gasteiger partial charge in [-0.1, -0.05) is 12.1 Å². The van der Waals surface area contributed by atoms with Crippen molar-refractivity contribution in [3.8, 4) is 5.69 Å². The largest absolute Gasteiger partial charge is 0.354 e. The summed E-state index contributed by atoms with van der Waals surface area (Å²) in [4.78, 5) is 22.2. The molecule has 0 radical (unpaired) electrons. The summed E-state index contributed by atoms with van der Waals surface area (Å²) >= 11 is 0. The van der Waals surface area contributed by atoms with Gasteiger partial charge >= 0.3 is 5.69 Å². The number of aromatic nitrogens is 3. The zero-order valence-corrected chi connectivity index (χ0v) is 18.9. The van der Waals surface area contributed by atoms with Crippen molar-refractivity contribution in [1.29, 1.82) is 0 Å². The molecular weight excluding hydrogens is 428 g/mol. The normalized spacial score (nSPS) is 16.5. The first kappa shape index (κ1) is 22.7. The second-order valence-electron chi connectivity index (χ2n) is 8.22. The van der Waals surface area contributed by atoms with E-state index in [1.807, 2.05) is 36.5 Å². The minimum Gasteiger partial charge on any atom is -0.343 e. The van der Waals surface area contributed by atoms with Crippen LogP contribution in [0.4, 0.5) is 0 Å². The van der Waals surface area contributed by atoms with E-state index in [4.69, 9.17) is 5.73 Å².